The van der Waals surface area contributed by atoms with Crippen molar-refractivity contribution in [2.75, 3.05) is 5.32 Å². The second kappa shape index (κ2) is 7.16. The highest BCUT2D eigenvalue weighted by Gasteiger charge is 2.36. The normalized spacial score (nSPS) is 18.1. The van der Waals surface area contributed by atoms with Gasteiger partial charge in [-0.3, -0.25) is 4.79 Å². The Kier molecular flexibility index (Phi) is 4.35. The van der Waals surface area contributed by atoms with Crippen LogP contribution in [0.5, 0.6) is 5.75 Å². The Morgan fingerprint density at radius 1 is 1.17 bits per heavy atom. The Morgan fingerprint density at radius 2 is 2.07 bits per heavy atom. The molecule has 2 heterocycles. The minimum Gasteiger partial charge on any atom is -0.489 e. The summed E-state index contributed by atoms with van der Waals surface area (Å²) in [4.78, 5) is 12.8. The first-order chi connectivity index (χ1) is 14.2. The molecule has 0 amide bonds. The van der Waals surface area contributed by atoms with Crippen LogP contribution in [0.3, 0.4) is 0 Å². The minimum atomic E-state index is -0.342. The summed E-state index contributed by atoms with van der Waals surface area (Å²) in [5, 5.41) is 15.2. The third-order valence-corrected chi connectivity index (χ3v) is 5.56. The molecule has 2 aromatic carbocycles. The highest BCUT2D eigenvalue weighted by Crippen LogP contribution is 2.39. The maximum Gasteiger partial charge on any atom is 0.248 e. The number of anilines is 1. The van der Waals surface area contributed by atoms with Gasteiger partial charge in [0.25, 0.3) is 0 Å². The van der Waals surface area contributed by atoms with Crippen molar-refractivity contribution in [3.63, 3.8) is 0 Å². The van der Waals surface area contributed by atoms with E-state index in [0.29, 0.717) is 19.0 Å². The molecule has 0 bridgehead atoms. The van der Waals surface area contributed by atoms with Gasteiger partial charge in [-0.05, 0) is 59.0 Å². The number of carbonyl (C=O) groups is 1. The van der Waals surface area contributed by atoms with Crippen molar-refractivity contribution in [3.05, 3.63) is 76.5 Å². The SMILES string of the molecule is Cc1ccccc1COc1cccc(C2C3=C(CCCC3=O)Nc3nnnn32)c1. The third-order valence-electron chi connectivity index (χ3n) is 5.56. The van der Waals surface area contributed by atoms with Gasteiger partial charge in [0.1, 0.15) is 18.4 Å². The van der Waals surface area contributed by atoms with E-state index in [0.717, 1.165) is 41.0 Å². The largest absolute Gasteiger partial charge is 0.489 e. The number of carbonyl (C=O) groups excluding carboxylic acids is 1. The molecule has 0 saturated heterocycles. The van der Waals surface area contributed by atoms with E-state index in [1.54, 1.807) is 4.68 Å². The summed E-state index contributed by atoms with van der Waals surface area (Å²) in [7, 11) is 0. The summed E-state index contributed by atoms with van der Waals surface area (Å²) in [5.41, 5.74) is 4.97. The Hall–Kier alpha value is -3.48. The number of tetrazole rings is 1. The van der Waals surface area contributed by atoms with Gasteiger partial charge in [0.2, 0.25) is 5.95 Å². The summed E-state index contributed by atoms with van der Waals surface area (Å²) in [6.07, 6.45) is 2.23. The zero-order chi connectivity index (χ0) is 19.8. The number of aryl methyl sites for hydroxylation is 1. The van der Waals surface area contributed by atoms with E-state index >= 15 is 0 Å². The van der Waals surface area contributed by atoms with Crippen molar-refractivity contribution in [1.29, 1.82) is 0 Å². The fourth-order valence-electron chi connectivity index (χ4n) is 4.03. The van der Waals surface area contributed by atoms with Gasteiger partial charge in [-0.15, -0.1) is 0 Å². The number of benzene rings is 2. The molecule has 7 nitrogen and oxygen atoms in total. The molecular weight excluding hydrogens is 366 g/mol. The average Bonchev–Trinajstić information content (AvgIpc) is 3.20. The van der Waals surface area contributed by atoms with Crippen LogP contribution in [0.1, 0.15) is 42.0 Å². The maximum absolute atomic E-state index is 12.8. The Balaban J connectivity index is 1.49. The number of ether oxygens (including phenoxy) is 1. The number of nitrogens with zero attached hydrogens (tertiary/aromatic N) is 4. The third kappa shape index (κ3) is 3.18. The molecule has 29 heavy (non-hydrogen) atoms. The highest BCUT2D eigenvalue weighted by atomic mass is 16.5. The van der Waals surface area contributed by atoms with Crippen LogP contribution in [0.2, 0.25) is 0 Å². The topological polar surface area (TPSA) is 81.9 Å². The quantitative estimate of drug-likeness (QED) is 0.737. The molecule has 2 aliphatic rings. The smallest absolute Gasteiger partial charge is 0.248 e. The van der Waals surface area contributed by atoms with Crippen molar-refractivity contribution in [1.82, 2.24) is 20.2 Å². The number of fused-ring (bicyclic) bond motifs is 1. The molecule has 1 N–H and O–H groups in total. The summed E-state index contributed by atoms with van der Waals surface area (Å²) >= 11 is 0. The number of hydrogen-bond donors (Lipinski definition) is 1. The molecule has 1 aliphatic heterocycles. The zero-order valence-corrected chi connectivity index (χ0v) is 16.1. The van der Waals surface area contributed by atoms with E-state index < -0.39 is 0 Å². The fraction of sp³-hybridized carbons (Fsp3) is 0.273. The minimum absolute atomic E-state index is 0.149. The number of ketones is 1. The number of hydrogen-bond acceptors (Lipinski definition) is 6. The number of rotatable bonds is 4. The molecule has 7 heteroatoms. The lowest BCUT2D eigenvalue weighted by Crippen LogP contribution is -2.31. The second-order valence-corrected chi connectivity index (χ2v) is 7.43. The van der Waals surface area contributed by atoms with E-state index in [2.05, 4.69) is 39.9 Å². The Labute approximate surface area is 168 Å². The standard InChI is InChI=1S/C22H21N5O2/c1-14-6-2-3-7-16(14)13-29-17-9-4-8-15(12-17)21-20-18(10-5-11-19(20)28)23-22-24-25-26-27(21)22/h2-4,6-9,12,21H,5,10-11,13H2,1H3,(H,23,24,26). The summed E-state index contributed by atoms with van der Waals surface area (Å²) in [6, 6.07) is 15.7. The predicted octanol–water partition coefficient (Wildman–Crippen LogP) is 3.58. The van der Waals surface area contributed by atoms with Crippen molar-refractivity contribution in [2.45, 2.75) is 38.8 Å². The van der Waals surface area contributed by atoms with Gasteiger partial charge in [0.05, 0.1) is 0 Å². The van der Waals surface area contributed by atoms with Crippen molar-refractivity contribution >= 4 is 11.7 Å². The number of aromatic nitrogens is 4. The predicted molar refractivity (Wildman–Crippen MR) is 107 cm³/mol. The average molecular weight is 387 g/mol. The lowest BCUT2D eigenvalue weighted by Gasteiger charge is -2.31. The van der Waals surface area contributed by atoms with Crippen LogP contribution >= 0.6 is 0 Å². The van der Waals surface area contributed by atoms with Crippen LogP contribution in [0.4, 0.5) is 5.95 Å². The van der Waals surface area contributed by atoms with Crippen molar-refractivity contribution < 1.29 is 9.53 Å². The molecule has 1 atom stereocenters. The lowest BCUT2D eigenvalue weighted by molar-refractivity contribution is -0.116. The Morgan fingerprint density at radius 3 is 2.97 bits per heavy atom. The molecule has 5 rings (SSSR count). The summed E-state index contributed by atoms with van der Waals surface area (Å²) < 4.78 is 7.74. The molecule has 1 aromatic heterocycles. The van der Waals surface area contributed by atoms with Gasteiger partial charge < -0.3 is 10.1 Å². The van der Waals surface area contributed by atoms with Crippen LogP contribution in [0.25, 0.3) is 0 Å². The molecule has 3 aromatic rings. The molecule has 0 saturated carbocycles. The van der Waals surface area contributed by atoms with Gasteiger partial charge in [-0.25, -0.2) is 0 Å². The number of Topliss-reactive ketones (excluding diaryl/α,β-unsaturated/α-hetero) is 1. The molecule has 0 fully saturated rings. The molecule has 0 radical (unpaired) electrons. The van der Waals surface area contributed by atoms with Crippen LogP contribution in [-0.2, 0) is 11.4 Å². The van der Waals surface area contributed by atoms with Gasteiger partial charge in [-0.1, -0.05) is 41.5 Å². The van der Waals surface area contributed by atoms with Crippen LogP contribution in [-0.4, -0.2) is 26.0 Å². The van der Waals surface area contributed by atoms with Crippen LogP contribution in [0.15, 0.2) is 59.8 Å². The van der Waals surface area contributed by atoms with E-state index in [1.807, 2.05) is 36.4 Å². The van der Waals surface area contributed by atoms with Gasteiger partial charge in [0, 0.05) is 17.7 Å². The van der Waals surface area contributed by atoms with Gasteiger partial charge in [0.15, 0.2) is 5.78 Å². The number of nitrogens with one attached hydrogen (secondary N) is 1. The molecule has 1 aliphatic carbocycles. The monoisotopic (exact) mass is 387 g/mol. The first kappa shape index (κ1) is 17.6. The number of allylic oxidation sites excluding steroid dienone is 2. The molecule has 146 valence electrons. The second-order valence-electron chi connectivity index (χ2n) is 7.43. The van der Waals surface area contributed by atoms with E-state index in [1.165, 1.54) is 5.56 Å². The Bertz CT molecular complexity index is 1120. The fourth-order valence-corrected chi connectivity index (χ4v) is 4.03. The first-order valence-electron chi connectivity index (χ1n) is 9.79. The lowest BCUT2D eigenvalue weighted by atomic mass is 9.85. The molecule has 0 spiro atoms. The molecular formula is C22H21N5O2. The van der Waals surface area contributed by atoms with Crippen molar-refractivity contribution in [3.8, 4) is 5.75 Å². The zero-order valence-electron chi connectivity index (χ0n) is 16.1. The van der Waals surface area contributed by atoms with Crippen LogP contribution < -0.4 is 10.1 Å². The first-order valence-corrected chi connectivity index (χ1v) is 9.79. The highest BCUT2D eigenvalue weighted by molar-refractivity contribution is 5.99. The molecule has 1 unspecified atom stereocenters. The van der Waals surface area contributed by atoms with Crippen molar-refractivity contribution in [2.24, 2.45) is 0 Å². The van der Waals surface area contributed by atoms with Gasteiger partial charge >= 0.3 is 0 Å². The maximum atomic E-state index is 12.8. The summed E-state index contributed by atoms with van der Waals surface area (Å²) in [5.74, 6) is 1.47. The van der Waals surface area contributed by atoms with E-state index in [-0.39, 0.29) is 11.8 Å². The van der Waals surface area contributed by atoms with Gasteiger partial charge in [-0.2, -0.15) is 4.68 Å². The van der Waals surface area contributed by atoms with Crippen LogP contribution in [0, 0.1) is 6.92 Å². The summed E-state index contributed by atoms with van der Waals surface area (Å²) in [6.45, 7) is 2.57. The van der Waals surface area contributed by atoms with E-state index in [4.69, 9.17) is 4.74 Å². The van der Waals surface area contributed by atoms with E-state index in [9.17, 15) is 4.79 Å².